The fraction of sp³-hybridized carbons (Fsp3) is 0.533. The molecule has 1 aliphatic heterocycles. The fourth-order valence-electron chi connectivity index (χ4n) is 2.53. The van der Waals surface area contributed by atoms with E-state index in [1.165, 1.54) is 6.42 Å². The van der Waals surface area contributed by atoms with Crippen LogP contribution in [0.25, 0.3) is 0 Å². The first-order chi connectivity index (χ1) is 9.22. The van der Waals surface area contributed by atoms with Gasteiger partial charge in [0.05, 0.1) is 0 Å². The average Bonchev–Trinajstić information content (AvgIpc) is 2.85. The van der Waals surface area contributed by atoms with Crippen LogP contribution in [0, 0.1) is 0 Å². The smallest absolute Gasteiger partial charge is 0.231 e. The molecule has 19 heavy (non-hydrogen) atoms. The molecule has 1 atom stereocenters. The molecule has 0 spiro atoms. The van der Waals surface area contributed by atoms with Gasteiger partial charge in [0.15, 0.2) is 11.5 Å². The monoisotopic (exact) mass is 263 g/mol. The van der Waals surface area contributed by atoms with Crippen molar-refractivity contribution in [1.29, 1.82) is 0 Å². The first kappa shape index (κ1) is 13.7. The predicted octanol–water partition coefficient (Wildman–Crippen LogP) is 2.95. The Morgan fingerprint density at radius 1 is 1.37 bits per heavy atom. The lowest BCUT2D eigenvalue weighted by atomic mass is 9.89. The third-order valence-electron chi connectivity index (χ3n) is 3.47. The molecule has 0 saturated carbocycles. The summed E-state index contributed by atoms with van der Waals surface area (Å²) < 4.78 is 10.9. The molecule has 4 heteroatoms. The third kappa shape index (κ3) is 3.40. The summed E-state index contributed by atoms with van der Waals surface area (Å²) in [5.74, 6) is 1.41. The number of nitrogens with two attached hydrogens (primary N) is 1. The van der Waals surface area contributed by atoms with E-state index >= 15 is 0 Å². The lowest BCUT2D eigenvalue weighted by Crippen LogP contribution is -2.15. The molecule has 104 valence electrons. The zero-order valence-corrected chi connectivity index (χ0v) is 11.4. The summed E-state index contributed by atoms with van der Waals surface area (Å²) >= 11 is 0. The van der Waals surface area contributed by atoms with E-state index in [1.54, 1.807) is 0 Å². The van der Waals surface area contributed by atoms with Crippen molar-refractivity contribution in [3.63, 3.8) is 0 Å². The van der Waals surface area contributed by atoms with Crippen LogP contribution >= 0.6 is 0 Å². The second-order valence-electron chi connectivity index (χ2n) is 4.94. The van der Waals surface area contributed by atoms with E-state index in [0.29, 0.717) is 6.42 Å². The minimum Gasteiger partial charge on any atom is -0.454 e. The van der Waals surface area contributed by atoms with Gasteiger partial charge in [0, 0.05) is 12.0 Å². The van der Waals surface area contributed by atoms with Crippen molar-refractivity contribution in [3.8, 4) is 11.5 Å². The Labute approximate surface area is 113 Å². The Morgan fingerprint density at radius 2 is 2.21 bits per heavy atom. The summed E-state index contributed by atoms with van der Waals surface area (Å²) in [5.41, 5.74) is 6.42. The second kappa shape index (κ2) is 6.45. The van der Waals surface area contributed by atoms with Crippen molar-refractivity contribution < 1.29 is 14.3 Å². The maximum absolute atomic E-state index is 11.3. The fourth-order valence-corrected chi connectivity index (χ4v) is 2.53. The van der Waals surface area contributed by atoms with Crippen molar-refractivity contribution in [1.82, 2.24) is 0 Å². The van der Waals surface area contributed by atoms with Crippen molar-refractivity contribution >= 4 is 5.91 Å². The van der Waals surface area contributed by atoms with E-state index in [9.17, 15) is 4.79 Å². The number of carbonyl (C=O) groups is 1. The highest BCUT2D eigenvalue weighted by Crippen LogP contribution is 2.41. The predicted molar refractivity (Wildman–Crippen MR) is 73.3 cm³/mol. The zero-order chi connectivity index (χ0) is 13.7. The standard InChI is InChI=1S/C15H21NO3/c1-2-3-4-6-11(9-14(16)17)12-7-5-8-13-15(12)19-10-18-13/h5,7-8,11H,2-4,6,9-10H2,1H3,(H2,16,17). The van der Waals surface area contributed by atoms with E-state index in [0.717, 1.165) is 36.3 Å². The van der Waals surface area contributed by atoms with Gasteiger partial charge in [-0.15, -0.1) is 0 Å². The SMILES string of the molecule is CCCCCC(CC(N)=O)c1cccc2c1OCO2. The summed E-state index contributed by atoms with van der Waals surface area (Å²) in [6.45, 7) is 2.42. The molecule has 0 saturated heterocycles. The number of hydrogen-bond acceptors (Lipinski definition) is 3. The van der Waals surface area contributed by atoms with Gasteiger partial charge in [-0.05, 0) is 18.4 Å². The molecule has 1 amide bonds. The summed E-state index contributed by atoms with van der Waals surface area (Å²) in [7, 11) is 0. The maximum Gasteiger partial charge on any atom is 0.231 e. The van der Waals surface area contributed by atoms with E-state index in [2.05, 4.69) is 6.92 Å². The first-order valence-corrected chi connectivity index (χ1v) is 6.89. The van der Waals surface area contributed by atoms with Crippen LogP contribution in [0.15, 0.2) is 18.2 Å². The van der Waals surface area contributed by atoms with Crippen LogP contribution < -0.4 is 15.2 Å². The third-order valence-corrected chi connectivity index (χ3v) is 3.47. The minimum atomic E-state index is -0.266. The Morgan fingerprint density at radius 3 is 2.95 bits per heavy atom. The van der Waals surface area contributed by atoms with Crippen LogP contribution in [0.5, 0.6) is 11.5 Å². The number of amides is 1. The molecule has 0 aliphatic carbocycles. The van der Waals surface area contributed by atoms with Gasteiger partial charge in [0.1, 0.15) is 0 Å². The highest BCUT2D eigenvalue weighted by atomic mass is 16.7. The molecule has 0 aromatic heterocycles. The highest BCUT2D eigenvalue weighted by Gasteiger charge is 2.24. The van der Waals surface area contributed by atoms with Gasteiger partial charge in [0.2, 0.25) is 12.7 Å². The van der Waals surface area contributed by atoms with Crippen molar-refractivity contribution in [3.05, 3.63) is 23.8 Å². The molecule has 0 fully saturated rings. The lowest BCUT2D eigenvalue weighted by molar-refractivity contribution is -0.118. The topological polar surface area (TPSA) is 61.6 Å². The number of primary amides is 1. The number of ether oxygens (including phenoxy) is 2. The largest absolute Gasteiger partial charge is 0.454 e. The molecule has 1 aliphatic rings. The number of carbonyl (C=O) groups excluding carboxylic acids is 1. The quantitative estimate of drug-likeness (QED) is 0.769. The van der Waals surface area contributed by atoms with Crippen molar-refractivity contribution in [2.24, 2.45) is 5.73 Å². The summed E-state index contributed by atoms with van der Waals surface area (Å²) in [6, 6.07) is 5.84. The van der Waals surface area contributed by atoms with Gasteiger partial charge in [-0.3, -0.25) is 4.79 Å². The summed E-state index contributed by atoms with van der Waals surface area (Å²) in [5, 5.41) is 0. The molecule has 1 aromatic rings. The summed E-state index contributed by atoms with van der Waals surface area (Å²) in [4.78, 5) is 11.3. The number of para-hydroxylation sites is 1. The highest BCUT2D eigenvalue weighted by molar-refractivity contribution is 5.75. The van der Waals surface area contributed by atoms with Gasteiger partial charge in [0.25, 0.3) is 0 Å². The summed E-state index contributed by atoms with van der Waals surface area (Å²) in [6.07, 6.45) is 4.75. The van der Waals surface area contributed by atoms with E-state index < -0.39 is 0 Å². The maximum atomic E-state index is 11.3. The molecule has 2 rings (SSSR count). The number of fused-ring (bicyclic) bond motifs is 1. The first-order valence-electron chi connectivity index (χ1n) is 6.89. The Balaban J connectivity index is 2.17. The minimum absolute atomic E-state index is 0.126. The van der Waals surface area contributed by atoms with Gasteiger partial charge in [-0.1, -0.05) is 38.3 Å². The van der Waals surface area contributed by atoms with Crippen LogP contribution in [0.2, 0.25) is 0 Å². The molecule has 0 bridgehead atoms. The Kier molecular flexibility index (Phi) is 4.66. The van der Waals surface area contributed by atoms with Crippen LogP contribution in [0.4, 0.5) is 0 Å². The second-order valence-corrected chi connectivity index (χ2v) is 4.94. The molecule has 4 nitrogen and oxygen atoms in total. The normalized spacial score (nSPS) is 14.4. The van der Waals surface area contributed by atoms with Crippen LogP contribution in [0.3, 0.4) is 0 Å². The zero-order valence-electron chi connectivity index (χ0n) is 11.4. The number of benzene rings is 1. The molecule has 2 N–H and O–H groups in total. The van der Waals surface area contributed by atoms with Crippen LogP contribution in [-0.2, 0) is 4.79 Å². The van der Waals surface area contributed by atoms with Gasteiger partial charge in [-0.25, -0.2) is 0 Å². The molecule has 0 radical (unpaired) electrons. The van der Waals surface area contributed by atoms with Gasteiger partial charge < -0.3 is 15.2 Å². The average molecular weight is 263 g/mol. The number of rotatable bonds is 7. The Hall–Kier alpha value is -1.71. The van der Waals surface area contributed by atoms with Crippen LogP contribution in [0.1, 0.15) is 50.5 Å². The number of unbranched alkanes of at least 4 members (excludes halogenated alkanes) is 2. The van der Waals surface area contributed by atoms with Gasteiger partial charge >= 0.3 is 0 Å². The van der Waals surface area contributed by atoms with Crippen molar-refractivity contribution in [2.45, 2.75) is 44.9 Å². The van der Waals surface area contributed by atoms with E-state index in [-0.39, 0.29) is 18.6 Å². The molecule has 1 aromatic carbocycles. The molecular weight excluding hydrogens is 242 g/mol. The molecular formula is C15H21NO3. The van der Waals surface area contributed by atoms with Gasteiger partial charge in [-0.2, -0.15) is 0 Å². The van der Waals surface area contributed by atoms with Crippen LogP contribution in [-0.4, -0.2) is 12.7 Å². The molecule has 1 unspecified atom stereocenters. The van der Waals surface area contributed by atoms with E-state index in [1.807, 2.05) is 18.2 Å². The Bertz CT molecular complexity index is 445. The molecule has 1 heterocycles. The van der Waals surface area contributed by atoms with E-state index in [4.69, 9.17) is 15.2 Å². The van der Waals surface area contributed by atoms with Crippen molar-refractivity contribution in [2.75, 3.05) is 6.79 Å². The number of hydrogen-bond donors (Lipinski definition) is 1. The lowest BCUT2D eigenvalue weighted by Gasteiger charge is -2.17.